The molecule has 3 nitrogen and oxygen atoms in total. The normalized spacial score (nSPS) is 10.8. The van der Waals surface area contributed by atoms with E-state index in [1.54, 1.807) is 0 Å². The first-order valence-corrected chi connectivity index (χ1v) is 5.95. The second kappa shape index (κ2) is 8.48. The minimum Gasteiger partial charge on any atom is -0.258 e. The summed E-state index contributed by atoms with van der Waals surface area (Å²) in [5.41, 5.74) is -4.68. The summed E-state index contributed by atoms with van der Waals surface area (Å²) in [4.78, 5) is 8.92. The fraction of sp³-hybridized carbons (Fsp3) is 0.500. The van der Waals surface area contributed by atoms with Gasteiger partial charge >= 0.3 is 12.4 Å². The minimum atomic E-state index is -5.08. The first kappa shape index (κ1) is 21.5. The van der Waals surface area contributed by atoms with Crippen LogP contribution >= 0.6 is 0 Å². The van der Waals surface area contributed by atoms with Crippen LogP contribution in [0.3, 0.4) is 0 Å². The lowest BCUT2D eigenvalue weighted by Gasteiger charge is -2.11. The molecule has 0 spiro atoms. The molecule has 1 aromatic rings. The predicted molar refractivity (Wildman–Crippen MR) is 65.8 cm³/mol. The molecule has 0 bridgehead atoms. The van der Waals surface area contributed by atoms with Crippen LogP contribution in [0, 0.1) is 10.1 Å². The van der Waals surface area contributed by atoms with E-state index in [2.05, 4.69) is 0 Å². The Labute approximate surface area is 117 Å². The van der Waals surface area contributed by atoms with Gasteiger partial charge in [-0.3, -0.25) is 10.1 Å². The molecule has 0 aliphatic heterocycles. The molecule has 0 heterocycles. The van der Waals surface area contributed by atoms with Crippen molar-refractivity contribution in [3.63, 3.8) is 0 Å². The third-order valence-electron chi connectivity index (χ3n) is 1.78. The van der Waals surface area contributed by atoms with Gasteiger partial charge in [-0.1, -0.05) is 27.7 Å². The Bertz CT molecular complexity index is 422. The fourth-order valence-corrected chi connectivity index (χ4v) is 1.04. The van der Waals surface area contributed by atoms with Gasteiger partial charge in [0.25, 0.3) is 5.69 Å². The Balaban J connectivity index is 0. The monoisotopic (exact) mass is 319 g/mol. The Hall–Kier alpha value is -1.80. The van der Waals surface area contributed by atoms with Crippen LogP contribution in [0.15, 0.2) is 18.2 Å². The second-order valence-corrected chi connectivity index (χ2v) is 3.02. The van der Waals surface area contributed by atoms with Gasteiger partial charge in [-0.05, 0) is 6.07 Å². The van der Waals surface area contributed by atoms with E-state index in [4.69, 9.17) is 0 Å². The molecule has 1 aromatic carbocycles. The van der Waals surface area contributed by atoms with E-state index in [0.717, 1.165) is 0 Å². The van der Waals surface area contributed by atoms with Crippen LogP contribution in [0.4, 0.5) is 32.0 Å². The highest BCUT2D eigenvalue weighted by Gasteiger charge is 2.38. The maximum absolute atomic E-state index is 12.2. The van der Waals surface area contributed by atoms with E-state index < -0.39 is 34.1 Å². The van der Waals surface area contributed by atoms with Gasteiger partial charge in [0.05, 0.1) is 16.1 Å². The quantitative estimate of drug-likeness (QED) is 0.379. The van der Waals surface area contributed by atoms with E-state index >= 15 is 0 Å². The summed E-state index contributed by atoms with van der Waals surface area (Å²) < 4.78 is 73.3. The molecular formula is C12H15F6NO2. The maximum Gasteiger partial charge on any atom is 0.416 e. The highest BCUT2D eigenvalue weighted by Crippen LogP contribution is 2.37. The number of non-ortho nitro benzene ring substituents is 1. The van der Waals surface area contributed by atoms with Crippen molar-refractivity contribution < 1.29 is 31.3 Å². The minimum absolute atomic E-state index is 0.0508. The third-order valence-corrected chi connectivity index (χ3v) is 1.78. The lowest BCUT2D eigenvalue weighted by atomic mass is 10.1. The summed E-state index contributed by atoms with van der Waals surface area (Å²) in [6.07, 6.45) is -10.2. The average molecular weight is 319 g/mol. The molecule has 0 radical (unpaired) electrons. The van der Waals surface area contributed by atoms with Crippen molar-refractivity contribution in [3.05, 3.63) is 39.4 Å². The van der Waals surface area contributed by atoms with Crippen LogP contribution in [0.5, 0.6) is 0 Å². The molecule has 0 saturated carbocycles. The topological polar surface area (TPSA) is 43.1 Å². The number of nitro benzene ring substituents is 1. The van der Waals surface area contributed by atoms with Crippen LogP contribution in [0.25, 0.3) is 0 Å². The molecule has 0 amide bonds. The van der Waals surface area contributed by atoms with Crippen molar-refractivity contribution in [2.75, 3.05) is 0 Å². The van der Waals surface area contributed by atoms with Crippen molar-refractivity contribution in [1.29, 1.82) is 0 Å². The van der Waals surface area contributed by atoms with Crippen LogP contribution < -0.4 is 0 Å². The molecule has 0 fully saturated rings. The Morgan fingerprint density at radius 2 is 1.10 bits per heavy atom. The van der Waals surface area contributed by atoms with Gasteiger partial charge in [-0.2, -0.15) is 26.3 Å². The summed E-state index contributed by atoms with van der Waals surface area (Å²) in [6.45, 7) is 8.00. The van der Waals surface area contributed by atoms with Gasteiger partial charge in [-0.25, -0.2) is 0 Å². The number of nitro groups is 1. The average Bonchev–Trinajstić information content (AvgIpc) is 2.41. The fourth-order valence-electron chi connectivity index (χ4n) is 1.04. The molecule has 0 saturated heterocycles. The van der Waals surface area contributed by atoms with Crippen molar-refractivity contribution in [3.8, 4) is 0 Å². The van der Waals surface area contributed by atoms with Gasteiger partial charge in [0.1, 0.15) is 0 Å². The van der Waals surface area contributed by atoms with Crippen molar-refractivity contribution in [2.24, 2.45) is 0 Å². The van der Waals surface area contributed by atoms with E-state index in [1.807, 2.05) is 27.7 Å². The van der Waals surface area contributed by atoms with Crippen molar-refractivity contribution >= 4 is 5.69 Å². The van der Waals surface area contributed by atoms with Gasteiger partial charge in [-0.15, -0.1) is 0 Å². The van der Waals surface area contributed by atoms with Gasteiger partial charge in [0.15, 0.2) is 0 Å². The molecule has 122 valence electrons. The first-order chi connectivity index (χ1) is 9.51. The van der Waals surface area contributed by atoms with Crippen molar-refractivity contribution in [2.45, 2.75) is 40.0 Å². The lowest BCUT2D eigenvalue weighted by Crippen LogP contribution is -2.11. The van der Waals surface area contributed by atoms with Crippen LogP contribution in [0.1, 0.15) is 38.8 Å². The third kappa shape index (κ3) is 6.96. The molecule has 9 heteroatoms. The summed E-state index contributed by atoms with van der Waals surface area (Å²) in [7, 11) is 0. The number of hydrogen-bond donors (Lipinski definition) is 0. The number of hydrogen-bond acceptors (Lipinski definition) is 2. The summed E-state index contributed by atoms with van der Waals surface area (Å²) in [6, 6.07) is -0.0719. The van der Waals surface area contributed by atoms with E-state index in [0.29, 0.717) is 0 Å². The number of halogens is 6. The Morgan fingerprint density at radius 3 is 1.29 bits per heavy atom. The van der Waals surface area contributed by atoms with Gasteiger partial charge < -0.3 is 0 Å². The molecule has 0 aromatic heterocycles. The molecule has 21 heavy (non-hydrogen) atoms. The summed E-state index contributed by atoms with van der Waals surface area (Å²) in [5, 5.41) is 10.2. The molecule has 0 unspecified atom stereocenters. The zero-order valence-corrected chi connectivity index (χ0v) is 11.8. The zero-order chi connectivity index (χ0) is 17.4. The first-order valence-electron chi connectivity index (χ1n) is 5.95. The van der Waals surface area contributed by atoms with E-state index in [9.17, 15) is 36.5 Å². The second-order valence-electron chi connectivity index (χ2n) is 3.02. The molecule has 0 aliphatic carbocycles. The molecule has 1 rings (SSSR count). The Morgan fingerprint density at radius 1 is 0.810 bits per heavy atom. The van der Waals surface area contributed by atoms with Crippen LogP contribution in [0.2, 0.25) is 0 Å². The maximum atomic E-state index is 12.2. The number of rotatable bonds is 1. The van der Waals surface area contributed by atoms with E-state index in [-0.39, 0.29) is 18.2 Å². The number of alkyl halides is 6. The number of benzene rings is 1. The molecule has 0 atom stereocenters. The Kier molecular flexibility index (Phi) is 8.68. The molecular weight excluding hydrogens is 304 g/mol. The molecule has 0 N–H and O–H groups in total. The summed E-state index contributed by atoms with van der Waals surface area (Å²) >= 11 is 0. The largest absolute Gasteiger partial charge is 0.416 e. The van der Waals surface area contributed by atoms with Crippen LogP contribution in [-0.4, -0.2) is 4.92 Å². The van der Waals surface area contributed by atoms with Crippen molar-refractivity contribution in [1.82, 2.24) is 0 Å². The van der Waals surface area contributed by atoms with Crippen LogP contribution in [-0.2, 0) is 12.4 Å². The SMILES string of the molecule is CC.CC.O=[N+]([O-])c1cc(C(F)(F)F)cc(C(F)(F)F)c1. The van der Waals surface area contributed by atoms with Gasteiger partial charge in [0.2, 0.25) is 0 Å². The highest BCUT2D eigenvalue weighted by molar-refractivity contribution is 5.41. The van der Waals surface area contributed by atoms with Gasteiger partial charge in [0, 0.05) is 12.1 Å². The smallest absolute Gasteiger partial charge is 0.258 e. The van der Waals surface area contributed by atoms with E-state index in [1.165, 1.54) is 0 Å². The zero-order valence-electron chi connectivity index (χ0n) is 11.8. The summed E-state index contributed by atoms with van der Waals surface area (Å²) in [5.74, 6) is 0. The predicted octanol–water partition coefficient (Wildman–Crippen LogP) is 5.68. The lowest BCUT2D eigenvalue weighted by molar-refractivity contribution is -0.385. The highest BCUT2D eigenvalue weighted by atomic mass is 19.4. The molecule has 0 aliphatic rings. The number of nitrogens with zero attached hydrogens (tertiary/aromatic N) is 1. The standard InChI is InChI=1S/C8H3F6NO2.2C2H6/c9-7(10,11)4-1-5(8(12,13)14)3-6(2-4)15(16)17;2*1-2/h1-3H;2*1-2H3.